The van der Waals surface area contributed by atoms with Gasteiger partial charge in [-0.3, -0.25) is 4.79 Å². The highest BCUT2D eigenvalue weighted by atomic mass is 35.5. The highest BCUT2D eigenvalue weighted by Crippen LogP contribution is 2.24. The Hall–Kier alpha value is -1.83. The van der Waals surface area contributed by atoms with Gasteiger partial charge < -0.3 is 9.32 Å². The summed E-state index contributed by atoms with van der Waals surface area (Å²) in [7, 11) is -3.70. The maximum absolute atomic E-state index is 12.8. The van der Waals surface area contributed by atoms with Gasteiger partial charge >= 0.3 is 0 Å². The van der Waals surface area contributed by atoms with Gasteiger partial charge in [0.2, 0.25) is 5.09 Å². The van der Waals surface area contributed by atoms with Crippen LogP contribution in [0.25, 0.3) is 0 Å². The third-order valence-electron chi connectivity index (χ3n) is 4.69. The summed E-state index contributed by atoms with van der Waals surface area (Å²) in [6.45, 7) is 3.59. The second-order valence-corrected chi connectivity index (χ2v) is 8.77. The smallest absolute Gasteiger partial charge is 0.289 e. The third kappa shape index (κ3) is 4.36. The monoisotopic (exact) mass is 410 g/mol. The van der Waals surface area contributed by atoms with E-state index in [4.69, 9.17) is 16.0 Å². The highest BCUT2D eigenvalue weighted by Gasteiger charge is 2.30. The van der Waals surface area contributed by atoms with Crippen molar-refractivity contribution >= 4 is 27.5 Å². The number of rotatable bonds is 6. The van der Waals surface area contributed by atoms with Gasteiger partial charge in [-0.25, -0.2) is 8.42 Å². The number of furan rings is 1. The normalized spacial score (nSPS) is 15.6. The highest BCUT2D eigenvalue weighted by molar-refractivity contribution is 7.89. The standard InChI is InChI=1S/C19H23ClN2O4S/c1-2-21(14-15-8-4-5-9-16(15)20)19(23)17-10-11-18(26-17)27(24,25)22-12-6-3-7-13-22/h4-5,8-11H,2-3,6-7,12-14H2,1H3. The summed E-state index contributed by atoms with van der Waals surface area (Å²) in [6, 6.07) is 10.1. The van der Waals surface area contributed by atoms with Crippen LogP contribution in [0, 0.1) is 0 Å². The fourth-order valence-corrected chi connectivity index (χ4v) is 4.75. The van der Waals surface area contributed by atoms with Gasteiger partial charge in [0.1, 0.15) is 0 Å². The van der Waals surface area contributed by atoms with Gasteiger partial charge in [0.05, 0.1) is 0 Å². The molecule has 0 atom stereocenters. The summed E-state index contributed by atoms with van der Waals surface area (Å²) in [6.07, 6.45) is 2.71. The maximum Gasteiger partial charge on any atom is 0.289 e. The van der Waals surface area contributed by atoms with Crippen molar-refractivity contribution in [2.24, 2.45) is 0 Å². The van der Waals surface area contributed by atoms with E-state index in [1.54, 1.807) is 11.0 Å². The van der Waals surface area contributed by atoms with Crippen LogP contribution in [-0.4, -0.2) is 43.2 Å². The molecule has 1 aliphatic heterocycles. The van der Waals surface area contributed by atoms with Crippen molar-refractivity contribution in [3.05, 3.63) is 52.7 Å². The fourth-order valence-electron chi connectivity index (χ4n) is 3.12. The Morgan fingerprint density at radius 1 is 1.15 bits per heavy atom. The van der Waals surface area contributed by atoms with E-state index in [1.165, 1.54) is 16.4 Å². The molecule has 146 valence electrons. The Labute approximate surface area is 164 Å². The summed E-state index contributed by atoms with van der Waals surface area (Å²) >= 11 is 6.18. The molecule has 27 heavy (non-hydrogen) atoms. The molecule has 1 saturated heterocycles. The summed E-state index contributed by atoms with van der Waals surface area (Å²) in [5, 5.41) is 0.401. The van der Waals surface area contributed by atoms with E-state index < -0.39 is 10.0 Å². The van der Waals surface area contributed by atoms with Gasteiger partial charge in [0, 0.05) is 31.2 Å². The molecule has 1 aromatic heterocycles. The molecule has 0 N–H and O–H groups in total. The number of piperidine rings is 1. The Morgan fingerprint density at radius 2 is 1.85 bits per heavy atom. The minimum absolute atomic E-state index is 0.0134. The Balaban J connectivity index is 1.78. The number of benzene rings is 1. The first-order chi connectivity index (χ1) is 12.9. The minimum Gasteiger partial charge on any atom is -0.438 e. The molecule has 0 saturated carbocycles. The van der Waals surface area contributed by atoms with E-state index >= 15 is 0 Å². The van der Waals surface area contributed by atoms with Crippen LogP contribution in [0.3, 0.4) is 0 Å². The SMILES string of the molecule is CCN(Cc1ccccc1Cl)C(=O)c1ccc(S(=O)(=O)N2CCCCC2)o1. The van der Waals surface area contributed by atoms with Gasteiger partial charge in [-0.1, -0.05) is 36.2 Å². The second kappa shape index (κ2) is 8.46. The Bertz CT molecular complexity index is 904. The first-order valence-electron chi connectivity index (χ1n) is 9.06. The van der Waals surface area contributed by atoms with Crippen LogP contribution in [0.2, 0.25) is 5.02 Å². The lowest BCUT2D eigenvalue weighted by molar-refractivity contribution is 0.0714. The lowest BCUT2D eigenvalue weighted by atomic mass is 10.2. The number of amides is 1. The molecule has 1 amide bonds. The van der Waals surface area contributed by atoms with E-state index in [9.17, 15) is 13.2 Å². The van der Waals surface area contributed by atoms with Crippen LogP contribution in [0.15, 0.2) is 45.9 Å². The zero-order chi connectivity index (χ0) is 19.4. The average Bonchev–Trinajstić information content (AvgIpc) is 3.19. The largest absolute Gasteiger partial charge is 0.438 e. The second-order valence-electron chi connectivity index (χ2n) is 6.49. The zero-order valence-corrected chi connectivity index (χ0v) is 16.8. The van der Waals surface area contributed by atoms with Crippen molar-refractivity contribution < 1.29 is 17.6 Å². The zero-order valence-electron chi connectivity index (χ0n) is 15.2. The molecule has 1 aliphatic rings. The molecule has 1 fully saturated rings. The number of hydrogen-bond donors (Lipinski definition) is 0. The van der Waals surface area contributed by atoms with Crippen LogP contribution < -0.4 is 0 Å². The average molecular weight is 411 g/mol. The molecule has 0 bridgehead atoms. The first kappa shape index (κ1) is 19.9. The van der Waals surface area contributed by atoms with Crippen molar-refractivity contribution in [2.45, 2.75) is 37.8 Å². The fraction of sp³-hybridized carbons (Fsp3) is 0.421. The number of nitrogens with zero attached hydrogens (tertiary/aromatic N) is 2. The Kier molecular flexibility index (Phi) is 6.24. The van der Waals surface area contributed by atoms with Crippen molar-refractivity contribution in [1.82, 2.24) is 9.21 Å². The van der Waals surface area contributed by atoms with Gasteiger partial charge in [-0.05, 0) is 43.5 Å². The summed E-state index contributed by atoms with van der Waals surface area (Å²) in [5.41, 5.74) is 0.821. The Morgan fingerprint density at radius 3 is 2.52 bits per heavy atom. The van der Waals surface area contributed by atoms with Gasteiger partial charge in [0.25, 0.3) is 15.9 Å². The maximum atomic E-state index is 12.8. The number of carbonyl (C=O) groups is 1. The molecule has 6 nitrogen and oxygen atoms in total. The van der Waals surface area contributed by atoms with Gasteiger partial charge in [-0.2, -0.15) is 4.31 Å². The van der Waals surface area contributed by atoms with Crippen LogP contribution >= 0.6 is 11.6 Å². The van der Waals surface area contributed by atoms with Crippen molar-refractivity contribution in [3.63, 3.8) is 0 Å². The predicted molar refractivity (Wildman–Crippen MR) is 103 cm³/mol. The van der Waals surface area contributed by atoms with Gasteiger partial charge in [-0.15, -0.1) is 0 Å². The van der Waals surface area contributed by atoms with Crippen LogP contribution in [-0.2, 0) is 16.6 Å². The predicted octanol–water partition coefficient (Wildman–Crippen LogP) is 3.77. The summed E-state index contributed by atoms with van der Waals surface area (Å²) in [5.74, 6) is -0.350. The lowest BCUT2D eigenvalue weighted by Crippen LogP contribution is -2.35. The van der Waals surface area contributed by atoms with E-state index in [0.29, 0.717) is 31.2 Å². The number of carbonyl (C=O) groups excluding carboxylic acids is 1. The summed E-state index contributed by atoms with van der Waals surface area (Å²) < 4.78 is 32.3. The molecule has 0 radical (unpaired) electrons. The number of halogens is 1. The van der Waals surface area contributed by atoms with Crippen molar-refractivity contribution in [2.75, 3.05) is 19.6 Å². The van der Waals surface area contributed by atoms with E-state index in [0.717, 1.165) is 24.8 Å². The van der Waals surface area contributed by atoms with Crippen LogP contribution in [0.4, 0.5) is 0 Å². The molecule has 1 aromatic carbocycles. The topological polar surface area (TPSA) is 70.8 Å². The van der Waals surface area contributed by atoms with E-state index in [-0.39, 0.29) is 16.8 Å². The lowest BCUT2D eigenvalue weighted by Gasteiger charge is -2.24. The van der Waals surface area contributed by atoms with E-state index in [2.05, 4.69) is 0 Å². The summed E-state index contributed by atoms with van der Waals surface area (Å²) in [4.78, 5) is 14.4. The molecule has 8 heteroatoms. The molecule has 0 aliphatic carbocycles. The molecule has 2 heterocycles. The minimum atomic E-state index is -3.70. The molecular weight excluding hydrogens is 388 g/mol. The van der Waals surface area contributed by atoms with E-state index in [1.807, 2.05) is 25.1 Å². The first-order valence-corrected chi connectivity index (χ1v) is 10.9. The number of hydrogen-bond acceptors (Lipinski definition) is 4. The van der Waals surface area contributed by atoms with Crippen molar-refractivity contribution in [3.8, 4) is 0 Å². The van der Waals surface area contributed by atoms with Crippen molar-refractivity contribution in [1.29, 1.82) is 0 Å². The van der Waals surface area contributed by atoms with Crippen LogP contribution in [0.1, 0.15) is 42.3 Å². The van der Waals surface area contributed by atoms with Gasteiger partial charge in [0.15, 0.2) is 5.76 Å². The molecule has 0 spiro atoms. The molecule has 0 unspecified atom stereocenters. The molecule has 2 aromatic rings. The quantitative estimate of drug-likeness (QED) is 0.726. The number of sulfonamides is 1. The molecular formula is C19H23ClN2O4S. The molecule has 3 rings (SSSR count). The van der Waals surface area contributed by atoms with Crippen LogP contribution in [0.5, 0.6) is 0 Å². The third-order valence-corrected chi connectivity index (χ3v) is 6.83.